The Kier molecular flexibility index (Phi) is 7.55. The lowest BCUT2D eigenvalue weighted by atomic mass is 9.41. The summed E-state index contributed by atoms with van der Waals surface area (Å²) in [5.41, 5.74) is 0.654. The molecule has 6 heteroatoms. The van der Waals surface area contributed by atoms with Crippen LogP contribution in [-0.4, -0.2) is 62.9 Å². The molecule has 5 saturated carbocycles. The van der Waals surface area contributed by atoms with E-state index < -0.39 is 0 Å². The van der Waals surface area contributed by atoms with Crippen LogP contribution in [0.5, 0.6) is 0 Å². The maximum Gasteiger partial charge on any atom is 0.338 e. The van der Waals surface area contributed by atoms with Gasteiger partial charge in [-0.25, -0.2) is 4.79 Å². The average molecular weight is 637 g/mol. The highest BCUT2D eigenvalue weighted by Gasteiger charge is 2.85. The summed E-state index contributed by atoms with van der Waals surface area (Å²) < 4.78 is 32.4. The third-order valence-corrected chi connectivity index (χ3v) is 16.1. The molecule has 7 rings (SSSR count). The van der Waals surface area contributed by atoms with Crippen molar-refractivity contribution in [1.29, 1.82) is 0 Å². The van der Waals surface area contributed by atoms with Crippen molar-refractivity contribution in [2.75, 3.05) is 21.3 Å². The topological polar surface area (TPSA) is 63.2 Å². The summed E-state index contributed by atoms with van der Waals surface area (Å²) in [6.07, 6.45) is 10.3. The van der Waals surface area contributed by atoms with Crippen molar-refractivity contribution in [1.82, 2.24) is 0 Å². The maximum atomic E-state index is 13.3. The van der Waals surface area contributed by atoms with Crippen LogP contribution in [0.2, 0.25) is 0 Å². The molecule has 0 radical (unpaired) electrons. The van der Waals surface area contributed by atoms with Gasteiger partial charge in [-0.15, -0.1) is 0 Å². The van der Waals surface area contributed by atoms with Gasteiger partial charge in [0.25, 0.3) is 0 Å². The van der Waals surface area contributed by atoms with Crippen LogP contribution in [-0.2, 0) is 23.7 Å². The molecule has 5 aliphatic carbocycles. The predicted octanol–water partition coefficient (Wildman–Crippen LogP) is 8.26. The predicted molar refractivity (Wildman–Crippen MR) is 178 cm³/mol. The SMILES string of the molecule is CO[C@H]1C[C@@]2(C)C3C[C@H](OC)[C@H]4C(C)(C)[C@@H](OC(=O)c5ccccc5)CC[C@@]45C[C@@]35CC[C@]2(C)[C@H]1[C@@]1(C)CC[C@@H](C(C)(C)OC)O1. The number of fused-ring (bicyclic) bond motifs is 2. The maximum absolute atomic E-state index is 13.3. The number of carbonyl (C=O) groups excluding carboxylic acids is 1. The quantitative estimate of drug-likeness (QED) is 0.281. The molecule has 1 aromatic rings. The van der Waals surface area contributed by atoms with Gasteiger partial charge in [0.1, 0.15) is 6.10 Å². The van der Waals surface area contributed by atoms with Crippen LogP contribution in [0.4, 0.5) is 0 Å². The van der Waals surface area contributed by atoms with E-state index in [0.717, 1.165) is 38.5 Å². The number of esters is 1. The first-order valence-corrected chi connectivity index (χ1v) is 18.1. The van der Waals surface area contributed by atoms with Gasteiger partial charge >= 0.3 is 5.97 Å². The van der Waals surface area contributed by atoms with E-state index in [0.29, 0.717) is 28.7 Å². The molecule has 6 nitrogen and oxygen atoms in total. The number of benzene rings is 1. The zero-order valence-electron chi connectivity index (χ0n) is 30.2. The van der Waals surface area contributed by atoms with Gasteiger partial charge in [0.05, 0.1) is 35.1 Å². The zero-order valence-corrected chi connectivity index (χ0v) is 30.2. The Hall–Kier alpha value is -1.47. The lowest BCUT2D eigenvalue weighted by molar-refractivity contribution is -0.218. The molecule has 1 unspecified atom stereocenters. The first kappa shape index (κ1) is 33.0. The molecule has 12 atom stereocenters. The van der Waals surface area contributed by atoms with Crippen molar-refractivity contribution < 1.29 is 28.5 Å². The van der Waals surface area contributed by atoms with Gasteiger partial charge in [-0.2, -0.15) is 0 Å². The molecule has 0 bridgehead atoms. The van der Waals surface area contributed by atoms with Gasteiger partial charge < -0.3 is 23.7 Å². The minimum atomic E-state index is -0.314. The molecule has 6 fully saturated rings. The fourth-order valence-corrected chi connectivity index (χ4v) is 13.6. The number of carbonyl (C=O) groups is 1. The molecular weight excluding hydrogens is 576 g/mol. The second-order valence-electron chi connectivity index (χ2n) is 18.2. The van der Waals surface area contributed by atoms with Crippen LogP contribution < -0.4 is 0 Å². The summed E-state index contributed by atoms with van der Waals surface area (Å²) in [6.45, 7) is 16.6. The lowest BCUT2D eigenvalue weighted by Gasteiger charge is -2.65. The molecular formula is C40H60O6. The Morgan fingerprint density at radius 2 is 1.52 bits per heavy atom. The lowest BCUT2D eigenvalue weighted by Crippen LogP contribution is -2.62. The van der Waals surface area contributed by atoms with Crippen LogP contribution in [0, 0.1) is 44.8 Å². The Balaban J connectivity index is 1.20. The van der Waals surface area contributed by atoms with Crippen LogP contribution in [0.15, 0.2) is 30.3 Å². The van der Waals surface area contributed by atoms with Crippen molar-refractivity contribution in [3.8, 4) is 0 Å². The van der Waals surface area contributed by atoms with Crippen molar-refractivity contribution in [3.05, 3.63) is 35.9 Å². The van der Waals surface area contributed by atoms with Crippen molar-refractivity contribution in [2.45, 2.75) is 142 Å². The van der Waals surface area contributed by atoms with Gasteiger partial charge in [0, 0.05) is 32.7 Å². The molecule has 6 aliphatic rings. The number of rotatable bonds is 7. The molecule has 1 saturated heterocycles. The van der Waals surface area contributed by atoms with E-state index in [1.807, 2.05) is 51.7 Å². The third kappa shape index (κ3) is 4.18. The molecule has 0 aromatic heterocycles. The Morgan fingerprint density at radius 1 is 0.826 bits per heavy atom. The van der Waals surface area contributed by atoms with Gasteiger partial charge in [-0.3, -0.25) is 0 Å². The number of hydrogen-bond donors (Lipinski definition) is 0. The van der Waals surface area contributed by atoms with Gasteiger partial charge in [0.2, 0.25) is 0 Å². The number of hydrogen-bond acceptors (Lipinski definition) is 6. The molecule has 0 N–H and O–H groups in total. The highest BCUT2D eigenvalue weighted by atomic mass is 16.6. The standard InChI is InChI=1S/C40H60O6/c1-34(2)29(45-33(41)25-14-12-11-13-15-25)17-19-40-24-39(40)21-20-36(5)32(38(7)18-16-30(46-38)35(3,4)44-10)27(43-9)23-37(36,6)28(39)22-26(42-8)31(34)40/h11-15,26-32H,16-24H2,1-10H3/t26-,27-,28?,29-,30-,31-,32-,36+,37-,38+,39-,40+/m0/s1. The fourth-order valence-electron chi connectivity index (χ4n) is 13.6. The average Bonchev–Trinajstić information content (AvgIpc) is 3.38. The highest BCUT2D eigenvalue weighted by molar-refractivity contribution is 5.89. The van der Waals surface area contributed by atoms with Crippen molar-refractivity contribution >= 4 is 5.97 Å². The minimum absolute atomic E-state index is 0.0822. The van der Waals surface area contributed by atoms with E-state index in [1.165, 1.54) is 19.3 Å². The fraction of sp³-hybridized carbons (Fsp3) is 0.825. The van der Waals surface area contributed by atoms with E-state index in [4.69, 9.17) is 23.7 Å². The molecule has 1 aromatic carbocycles. The number of ether oxygens (including phenoxy) is 5. The van der Waals surface area contributed by atoms with E-state index in [-0.39, 0.29) is 63.2 Å². The van der Waals surface area contributed by atoms with Crippen LogP contribution in [0.1, 0.15) is 117 Å². The van der Waals surface area contributed by atoms with E-state index in [1.54, 1.807) is 0 Å². The molecule has 46 heavy (non-hydrogen) atoms. The van der Waals surface area contributed by atoms with Gasteiger partial charge in [-0.05, 0) is 124 Å². The van der Waals surface area contributed by atoms with Crippen molar-refractivity contribution in [3.63, 3.8) is 0 Å². The summed E-state index contributed by atoms with van der Waals surface area (Å²) in [4.78, 5) is 13.3. The second kappa shape index (κ2) is 10.5. The minimum Gasteiger partial charge on any atom is -0.458 e. The molecule has 2 spiro atoms. The van der Waals surface area contributed by atoms with Crippen LogP contribution >= 0.6 is 0 Å². The third-order valence-electron chi connectivity index (χ3n) is 16.1. The second-order valence-corrected chi connectivity index (χ2v) is 18.2. The largest absolute Gasteiger partial charge is 0.458 e. The number of methoxy groups -OCH3 is 3. The highest BCUT2D eigenvalue weighted by Crippen LogP contribution is 2.89. The first-order chi connectivity index (χ1) is 21.6. The summed E-state index contributed by atoms with van der Waals surface area (Å²) in [6, 6.07) is 9.47. The van der Waals surface area contributed by atoms with E-state index in [2.05, 4.69) is 48.5 Å². The van der Waals surface area contributed by atoms with Crippen molar-refractivity contribution in [2.24, 2.45) is 44.8 Å². The Labute approximate surface area is 278 Å². The monoisotopic (exact) mass is 636 g/mol. The van der Waals surface area contributed by atoms with Crippen LogP contribution in [0.3, 0.4) is 0 Å². The molecule has 1 heterocycles. The summed E-state index contributed by atoms with van der Waals surface area (Å²) in [5.74, 6) is 1.05. The van der Waals surface area contributed by atoms with Gasteiger partial charge in [0.15, 0.2) is 0 Å². The van der Waals surface area contributed by atoms with E-state index in [9.17, 15) is 4.79 Å². The molecule has 0 amide bonds. The van der Waals surface area contributed by atoms with Gasteiger partial charge in [-0.1, -0.05) is 45.9 Å². The molecule has 1 aliphatic heterocycles. The normalized spacial score (nSPS) is 49.0. The zero-order chi connectivity index (χ0) is 33.1. The molecule has 256 valence electrons. The Morgan fingerprint density at radius 3 is 2.17 bits per heavy atom. The van der Waals surface area contributed by atoms with E-state index >= 15 is 0 Å². The van der Waals surface area contributed by atoms with Crippen LogP contribution in [0.25, 0.3) is 0 Å². The summed E-state index contributed by atoms with van der Waals surface area (Å²) >= 11 is 0. The summed E-state index contributed by atoms with van der Waals surface area (Å²) in [5, 5.41) is 0. The smallest absolute Gasteiger partial charge is 0.338 e. The first-order valence-electron chi connectivity index (χ1n) is 18.1. The Bertz CT molecular complexity index is 1340. The summed E-state index contributed by atoms with van der Waals surface area (Å²) in [7, 11) is 5.66.